The molecule has 1 saturated heterocycles. The Morgan fingerprint density at radius 3 is 2.55 bits per heavy atom. The van der Waals surface area contributed by atoms with Crippen molar-refractivity contribution in [2.45, 2.75) is 45.2 Å². The minimum absolute atomic E-state index is 0.0778. The van der Waals surface area contributed by atoms with Crippen molar-refractivity contribution < 1.29 is 14.2 Å². The van der Waals surface area contributed by atoms with Gasteiger partial charge in [0.15, 0.2) is 5.65 Å². The maximum atomic E-state index is 14.3. The van der Waals surface area contributed by atoms with Gasteiger partial charge in [-0.25, -0.2) is 18.7 Å². The quantitative estimate of drug-likeness (QED) is 0.394. The van der Waals surface area contributed by atoms with E-state index < -0.39 is 17.1 Å². The monoisotopic (exact) mass is 544 g/mol. The average molecular weight is 545 g/mol. The van der Waals surface area contributed by atoms with Crippen LogP contribution in [0.5, 0.6) is 5.75 Å². The number of phenolic OH excluding ortho intramolecular Hbond substituents is 1. The number of aromatic nitrogens is 3. The Hall–Kier alpha value is -3.82. The summed E-state index contributed by atoms with van der Waals surface area (Å²) >= 11 is 0. The van der Waals surface area contributed by atoms with E-state index in [0.29, 0.717) is 31.4 Å². The molecule has 8 nitrogen and oxygen atoms in total. The molecule has 1 N–H and O–H groups in total. The minimum atomic E-state index is -0.625. The third-order valence-corrected chi connectivity index (χ3v) is 8.29. The zero-order valence-corrected chi connectivity index (χ0v) is 22.6. The van der Waals surface area contributed by atoms with Crippen LogP contribution in [-0.2, 0) is 11.3 Å². The van der Waals surface area contributed by atoms with Crippen LogP contribution in [0.3, 0.4) is 0 Å². The number of ether oxygens (including phenoxy) is 1. The van der Waals surface area contributed by atoms with Crippen molar-refractivity contribution in [1.82, 2.24) is 19.0 Å². The van der Waals surface area contributed by atoms with Gasteiger partial charge in [-0.1, -0.05) is 31.2 Å². The van der Waals surface area contributed by atoms with Crippen LogP contribution in [0.25, 0.3) is 27.8 Å². The second-order valence-corrected chi connectivity index (χ2v) is 11.0. The van der Waals surface area contributed by atoms with E-state index in [-0.39, 0.29) is 22.8 Å². The van der Waals surface area contributed by atoms with Crippen molar-refractivity contribution >= 4 is 11.0 Å². The van der Waals surface area contributed by atoms with Gasteiger partial charge in [-0.2, -0.15) is 0 Å². The van der Waals surface area contributed by atoms with E-state index in [2.05, 4.69) is 16.8 Å². The van der Waals surface area contributed by atoms with E-state index in [1.807, 2.05) is 24.3 Å². The van der Waals surface area contributed by atoms with E-state index >= 15 is 0 Å². The number of benzene rings is 2. The summed E-state index contributed by atoms with van der Waals surface area (Å²) in [5.41, 5.74) is 2.11. The van der Waals surface area contributed by atoms with Crippen molar-refractivity contribution in [2.24, 2.45) is 5.92 Å². The first-order chi connectivity index (χ1) is 19.4. The lowest BCUT2D eigenvalue weighted by Crippen LogP contribution is -2.43. The first kappa shape index (κ1) is 26.4. The highest BCUT2D eigenvalue weighted by atomic mass is 19.1. The second-order valence-electron chi connectivity index (χ2n) is 11.0. The molecule has 4 aromatic rings. The van der Waals surface area contributed by atoms with Gasteiger partial charge in [-0.05, 0) is 67.0 Å². The number of hydrogen-bond acceptors (Lipinski definition) is 6. The Morgan fingerprint density at radius 2 is 1.77 bits per heavy atom. The third kappa shape index (κ3) is 4.95. The van der Waals surface area contributed by atoms with Crippen LogP contribution < -0.4 is 11.2 Å². The number of aromatic hydroxyl groups is 1. The molecule has 0 atom stereocenters. The van der Waals surface area contributed by atoms with Gasteiger partial charge < -0.3 is 9.84 Å². The number of morpholine rings is 1. The van der Waals surface area contributed by atoms with Gasteiger partial charge >= 0.3 is 5.69 Å². The molecule has 1 saturated carbocycles. The van der Waals surface area contributed by atoms with Crippen molar-refractivity contribution in [3.63, 3.8) is 0 Å². The molecule has 40 heavy (non-hydrogen) atoms. The summed E-state index contributed by atoms with van der Waals surface area (Å²) in [5.74, 6) is 0.119. The van der Waals surface area contributed by atoms with Gasteiger partial charge in [0.2, 0.25) is 0 Å². The summed E-state index contributed by atoms with van der Waals surface area (Å²) in [7, 11) is 0. The molecule has 9 heteroatoms. The van der Waals surface area contributed by atoms with Gasteiger partial charge in [0.25, 0.3) is 5.56 Å². The van der Waals surface area contributed by atoms with Crippen LogP contribution in [-0.4, -0.2) is 50.4 Å². The lowest BCUT2D eigenvalue weighted by atomic mass is 9.87. The van der Waals surface area contributed by atoms with E-state index in [4.69, 9.17) is 4.74 Å². The maximum Gasteiger partial charge on any atom is 0.337 e. The first-order valence-corrected chi connectivity index (χ1v) is 14.0. The number of hydrogen-bond donors (Lipinski definition) is 1. The molecule has 0 bridgehead atoms. The second kappa shape index (κ2) is 11.0. The minimum Gasteiger partial charge on any atom is -0.508 e. The molecular weight excluding hydrogens is 511 g/mol. The lowest BCUT2D eigenvalue weighted by Gasteiger charge is -2.28. The van der Waals surface area contributed by atoms with Crippen molar-refractivity contribution in [3.8, 4) is 22.6 Å². The van der Waals surface area contributed by atoms with E-state index in [1.54, 1.807) is 18.2 Å². The molecule has 0 spiro atoms. The van der Waals surface area contributed by atoms with E-state index in [1.165, 1.54) is 15.2 Å². The van der Waals surface area contributed by atoms with Gasteiger partial charge in [0.05, 0.1) is 30.5 Å². The highest BCUT2D eigenvalue weighted by Gasteiger charge is 2.26. The molecule has 3 heterocycles. The van der Waals surface area contributed by atoms with Crippen molar-refractivity contribution in [3.05, 3.63) is 86.9 Å². The van der Waals surface area contributed by atoms with Gasteiger partial charge in [-0.3, -0.25) is 14.3 Å². The van der Waals surface area contributed by atoms with Gasteiger partial charge in [-0.15, -0.1) is 0 Å². The fourth-order valence-electron chi connectivity index (χ4n) is 6.04. The first-order valence-electron chi connectivity index (χ1n) is 14.0. The van der Waals surface area contributed by atoms with Gasteiger partial charge in [0, 0.05) is 31.2 Å². The molecule has 2 fully saturated rings. The Morgan fingerprint density at radius 1 is 1.02 bits per heavy atom. The number of rotatable bonds is 5. The predicted octanol–water partition coefficient (Wildman–Crippen LogP) is 4.64. The standard InChI is InChI=1S/C31H33FN4O4/c1-20-8-10-23(11-9-20)36-30(38)26-17-22(32)18-33-29(26)35(31(36)39)24-5-2-4-21(16-24)25-6-3-7-28(37)27(25)19-34-12-14-40-15-13-34/h2-7,16-18,20,23,37H,8-15,19H2,1H3/t20-,23+. The Kier molecular flexibility index (Phi) is 7.25. The molecule has 6 rings (SSSR count). The van der Waals surface area contributed by atoms with E-state index in [0.717, 1.165) is 61.7 Å². The molecule has 2 aromatic carbocycles. The summed E-state index contributed by atoms with van der Waals surface area (Å²) in [6.07, 6.45) is 4.32. The molecule has 0 amide bonds. The molecule has 208 valence electrons. The summed E-state index contributed by atoms with van der Waals surface area (Å²) in [4.78, 5) is 34.0. The van der Waals surface area contributed by atoms with Crippen molar-refractivity contribution in [1.29, 1.82) is 0 Å². The van der Waals surface area contributed by atoms with Crippen LogP contribution >= 0.6 is 0 Å². The number of fused-ring (bicyclic) bond motifs is 1. The highest BCUT2D eigenvalue weighted by Crippen LogP contribution is 2.33. The largest absolute Gasteiger partial charge is 0.508 e. The van der Waals surface area contributed by atoms with Crippen LogP contribution in [0, 0.1) is 11.7 Å². The summed E-state index contributed by atoms with van der Waals surface area (Å²) < 4.78 is 22.5. The van der Waals surface area contributed by atoms with E-state index in [9.17, 15) is 19.1 Å². The van der Waals surface area contributed by atoms with Crippen LogP contribution in [0.15, 0.2) is 64.3 Å². The molecular formula is C31H33FN4O4. The normalized spacial score (nSPS) is 20.1. The van der Waals surface area contributed by atoms with Crippen LogP contribution in [0.4, 0.5) is 4.39 Å². The van der Waals surface area contributed by atoms with Crippen LogP contribution in [0.2, 0.25) is 0 Å². The van der Waals surface area contributed by atoms with Gasteiger partial charge in [0.1, 0.15) is 11.6 Å². The SMILES string of the molecule is C[C@H]1CC[C@@H](n2c(=O)c3cc(F)cnc3n(-c3cccc(-c4cccc(O)c4CN4CCOCC4)c3)c2=O)CC1. The number of pyridine rings is 1. The Labute approximate surface area is 231 Å². The highest BCUT2D eigenvalue weighted by molar-refractivity contribution is 5.77. The number of halogens is 1. The lowest BCUT2D eigenvalue weighted by molar-refractivity contribution is 0.0339. The fraction of sp³-hybridized carbons (Fsp3) is 0.387. The predicted molar refractivity (Wildman–Crippen MR) is 151 cm³/mol. The smallest absolute Gasteiger partial charge is 0.337 e. The molecule has 1 aliphatic carbocycles. The summed E-state index contributed by atoms with van der Waals surface area (Å²) in [5, 5.41) is 10.9. The number of phenols is 1. The maximum absolute atomic E-state index is 14.3. The van der Waals surface area contributed by atoms with Crippen molar-refractivity contribution in [2.75, 3.05) is 26.3 Å². The molecule has 2 aliphatic rings. The molecule has 0 unspecified atom stereocenters. The zero-order chi connectivity index (χ0) is 27.8. The zero-order valence-electron chi connectivity index (χ0n) is 22.6. The molecule has 2 aromatic heterocycles. The average Bonchev–Trinajstić information content (AvgIpc) is 2.96. The third-order valence-electron chi connectivity index (χ3n) is 8.29. The van der Waals surface area contributed by atoms with Crippen LogP contribution in [0.1, 0.15) is 44.2 Å². The molecule has 0 radical (unpaired) electrons. The Bertz CT molecular complexity index is 1670. The number of nitrogens with zero attached hydrogens (tertiary/aromatic N) is 4. The fourth-order valence-corrected chi connectivity index (χ4v) is 6.04. The Balaban J connectivity index is 1.50. The topological polar surface area (TPSA) is 89.6 Å². The summed E-state index contributed by atoms with van der Waals surface area (Å²) in [6, 6.07) is 13.8. The molecule has 1 aliphatic heterocycles. The summed E-state index contributed by atoms with van der Waals surface area (Å²) in [6.45, 7) is 5.59.